The number of rotatable bonds is 3. The van der Waals surface area contributed by atoms with Gasteiger partial charge in [0.15, 0.2) is 0 Å². The molecule has 2 N–H and O–H groups in total. The normalized spacial score (nSPS) is 30.9. The summed E-state index contributed by atoms with van der Waals surface area (Å²) in [6, 6.07) is 0. The van der Waals surface area contributed by atoms with Crippen molar-refractivity contribution in [2.45, 2.75) is 38.7 Å². The standard InChI is InChI=1S/C11H21NO3/c1-3-12-7-4-5-11(15,6-8-12)9(2)10(13)14/h9,15H,3-8H2,1-2H3,(H,13,14). The summed E-state index contributed by atoms with van der Waals surface area (Å²) in [6.45, 7) is 6.42. The number of aliphatic hydroxyl groups is 1. The van der Waals surface area contributed by atoms with E-state index in [0.717, 1.165) is 26.1 Å². The highest BCUT2D eigenvalue weighted by Gasteiger charge is 2.39. The summed E-state index contributed by atoms with van der Waals surface area (Å²) in [5.74, 6) is -1.57. The van der Waals surface area contributed by atoms with E-state index < -0.39 is 17.5 Å². The minimum atomic E-state index is -1.02. The minimum absolute atomic E-state index is 0.564. The topological polar surface area (TPSA) is 60.8 Å². The van der Waals surface area contributed by atoms with Crippen LogP contribution in [0.5, 0.6) is 0 Å². The SMILES string of the molecule is CCN1CCCC(O)(C(C)C(=O)O)CC1. The maximum atomic E-state index is 10.9. The van der Waals surface area contributed by atoms with Crippen molar-refractivity contribution < 1.29 is 15.0 Å². The lowest BCUT2D eigenvalue weighted by molar-refractivity contribution is -0.151. The Hall–Kier alpha value is -0.610. The summed E-state index contributed by atoms with van der Waals surface area (Å²) < 4.78 is 0. The number of aliphatic carboxylic acids is 1. The number of hydrogen-bond acceptors (Lipinski definition) is 3. The molecule has 0 aliphatic carbocycles. The van der Waals surface area contributed by atoms with Crippen molar-refractivity contribution in [3.05, 3.63) is 0 Å². The van der Waals surface area contributed by atoms with Gasteiger partial charge in [-0.05, 0) is 39.3 Å². The van der Waals surface area contributed by atoms with Crippen molar-refractivity contribution >= 4 is 5.97 Å². The molecule has 0 saturated carbocycles. The summed E-state index contributed by atoms with van der Waals surface area (Å²) in [5, 5.41) is 19.2. The molecule has 0 aromatic rings. The molecular weight excluding hydrogens is 194 g/mol. The van der Waals surface area contributed by atoms with Gasteiger partial charge in [0.25, 0.3) is 0 Å². The van der Waals surface area contributed by atoms with Crippen LogP contribution < -0.4 is 0 Å². The summed E-state index contributed by atoms with van der Waals surface area (Å²) in [7, 11) is 0. The van der Waals surface area contributed by atoms with Crippen molar-refractivity contribution in [1.29, 1.82) is 0 Å². The number of likely N-dealkylation sites (tertiary alicyclic amines) is 1. The first-order chi connectivity index (χ1) is 6.99. The molecule has 1 aliphatic rings. The molecule has 1 rings (SSSR count). The Labute approximate surface area is 90.9 Å². The first kappa shape index (κ1) is 12.5. The van der Waals surface area contributed by atoms with Gasteiger partial charge in [-0.25, -0.2) is 0 Å². The molecule has 0 bridgehead atoms. The van der Waals surface area contributed by atoms with E-state index in [1.807, 2.05) is 0 Å². The smallest absolute Gasteiger partial charge is 0.309 e. The van der Waals surface area contributed by atoms with Gasteiger partial charge in [0.05, 0.1) is 11.5 Å². The fourth-order valence-corrected chi connectivity index (χ4v) is 2.18. The van der Waals surface area contributed by atoms with E-state index in [1.54, 1.807) is 6.92 Å². The summed E-state index contributed by atoms with van der Waals surface area (Å²) in [4.78, 5) is 13.1. The third-order valence-electron chi connectivity index (χ3n) is 3.57. The van der Waals surface area contributed by atoms with Crippen LogP contribution in [0.4, 0.5) is 0 Å². The van der Waals surface area contributed by atoms with Crippen molar-refractivity contribution in [3.8, 4) is 0 Å². The summed E-state index contributed by atoms with van der Waals surface area (Å²) >= 11 is 0. The highest BCUT2D eigenvalue weighted by molar-refractivity contribution is 5.71. The third kappa shape index (κ3) is 2.92. The largest absolute Gasteiger partial charge is 0.481 e. The molecule has 2 atom stereocenters. The van der Waals surface area contributed by atoms with Crippen LogP contribution >= 0.6 is 0 Å². The Kier molecular flexibility index (Phi) is 4.11. The molecule has 4 heteroatoms. The predicted molar refractivity (Wildman–Crippen MR) is 57.7 cm³/mol. The van der Waals surface area contributed by atoms with Gasteiger partial charge in [-0.15, -0.1) is 0 Å². The first-order valence-electron chi connectivity index (χ1n) is 5.67. The quantitative estimate of drug-likeness (QED) is 0.735. The van der Waals surface area contributed by atoms with E-state index in [2.05, 4.69) is 11.8 Å². The van der Waals surface area contributed by atoms with Gasteiger partial charge >= 0.3 is 5.97 Å². The van der Waals surface area contributed by atoms with E-state index in [0.29, 0.717) is 12.8 Å². The number of nitrogens with zero attached hydrogens (tertiary/aromatic N) is 1. The molecule has 1 heterocycles. The lowest BCUT2D eigenvalue weighted by atomic mass is 9.82. The molecule has 0 radical (unpaired) electrons. The fraction of sp³-hybridized carbons (Fsp3) is 0.909. The Balaban J connectivity index is 2.65. The fourth-order valence-electron chi connectivity index (χ4n) is 2.18. The predicted octanol–water partition coefficient (Wildman–Crippen LogP) is 0.944. The van der Waals surface area contributed by atoms with Crippen molar-refractivity contribution in [1.82, 2.24) is 4.90 Å². The Bertz CT molecular complexity index is 232. The van der Waals surface area contributed by atoms with Gasteiger partial charge in [0, 0.05) is 6.54 Å². The van der Waals surface area contributed by atoms with Gasteiger partial charge in [-0.1, -0.05) is 6.92 Å². The van der Waals surface area contributed by atoms with E-state index in [9.17, 15) is 9.90 Å². The van der Waals surface area contributed by atoms with Crippen molar-refractivity contribution in [2.75, 3.05) is 19.6 Å². The van der Waals surface area contributed by atoms with Crippen LogP contribution in [0, 0.1) is 5.92 Å². The van der Waals surface area contributed by atoms with Gasteiger partial charge in [0.1, 0.15) is 0 Å². The van der Waals surface area contributed by atoms with Crippen LogP contribution in [0.25, 0.3) is 0 Å². The van der Waals surface area contributed by atoms with Crippen LogP contribution in [0.3, 0.4) is 0 Å². The molecule has 2 unspecified atom stereocenters. The number of carboxylic acids is 1. The minimum Gasteiger partial charge on any atom is -0.481 e. The maximum absolute atomic E-state index is 10.9. The van der Waals surface area contributed by atoms with Crippen molar-refractivity contribution in [2.24, 2.45) is 5.92 Å². The van der Waals surface area contributed by atoms with Gasteiger partial charge < -0.3 is 15.1 Å². The molecule has 1 aliphatic heterocycles. The Morgan fingerprint density at radius 3 is 2.67 bits per heavy atom. The molecule has 0 aromatic carbocycles. The van der Waals surface area contributed by atoms with Crippen molar-refractivity contribution in [3.63, 3.8) is 0 Å². The van der Waals surface area contributed by atoms with E-state index >= 15 is 0 Å². The molecule has 0 amide bonds. The van der Waals surface area contributed by atoms with E-state index in [1.165, 1.54) is 0 Å². The van der Waals surface area contributed by atoms with E-state index in [4.69, 9.17) is 5.11 Å². The second kappa shape index (κ2) is 4.94. The maximum Gasteiger partial charge on any atom is 0.309 e. The van der Waals surface area contributed by atoms with Crippen LogP contribution in [0.1, 0.15) is 33.1 Å². The monoisotopic (exact) mass is 215 g/mol. The molecular formula is C11H21NO3. The molecule has 0 spiro atoms. The van der Waals surface area contributed by atoms with Crippen LogP contribution in [-0.4, -0.2) is 46.3 Å². The average molecular weight is 215 g/mol. The number of carbonyl (C=O) groups is 1. The average Bonchev–Trinajstić information content (AvgIpc) is 2.40. The van der Waals surface area contributed by atoms with E-state index in [-0.39, 0.29) is 0 Å². The number of carboxylic acid groups (broad SMARTS) is 1. The summed E-state index contributed by atoms with van der Waals surface area (Å²) in [6.07, 6.45) is 2.03. The molecule has 88 valence electrons. The molecule has 1 fully saturated rings. The highest BCUT2D eigenvalue weighted by Crippen LogP contribution is 2.29. The zero-order valence-corrected chi connectivity index (χ0v) is 9.57. The summed E-state index contributed by atoms with van der Waals surface area (Å²) in [5.41, 5.74) is -1.02. The van der Waals surface area contributed by atoms with Gasteiger partial charge in [-0.3, -0.25) is 4.79 Å². The zero-order chi connectivity index (χ0) is 11.5. The van der Waals surface area contributed by atoms with Crippen LogP contribution in [-0.2, 0) is 4.79 Å². The second-order valence-corrected chi connectivity index (χ2v) is 4.45. The lowest BCUT2D eigenvalue weighted by Gasteiger charge is -2.30. The van der Waals surface area contributed by atoms with Gasteiger partial charge in [0.2, 0.25) is 0 Å². The molecule has 4 nitrogen and oxygen atoms in total. The highest BCUT2D eigenvalue weighted by atomic mass is 16.4. The van der Waals surface area contributed by atoms with Gasteiger partial charge in [-0.2, -0.15) is 0 Å². The Morgan fingerprint density at radius 2 is 2.13 bits per heavy atom. The number of hydrogen-bond donors (Lipinski definition) is 2. The molecule has 0 aromatic heterocycles. The lowest BCUT2D eigenvalue weighted by Crippen LogP contribution is -2.41. The molecule has 15 heavy (non-hydrogen) atoms. The first-order valence-corrected chi connectivity index (χ1v) is 5.67. The molecule has 1 saturated heterocycles. The third-order valence-corrected chi connectivity index (χ3v) is 3.57. The Morgan fingerprint density at radius 1 is 1.47 bits per heavy atom. The second-order valence-electron chi connectivity index (χ2n) is 4.45. The van der Waals surface area contributed by atoms with Crippen LogP contribution in [0.2, 0.25) is 0 Å². The zero-order valence-electron chi connectivity index (χ0n) is 9.57. The van der Waals surface area contributed by atoms with Crippen LogP contribution in [0.15, 0.2) is 0 Å².